The summed E-state index contributed by atoms with van der Waals surface area (Å²) in [5.41, 5.74) is 0.173. The van der Waals surface area contributed by atoms with Crippen LogP contribution in [-0.4, -0.2) is 123 Å². The lowest BCUT2D eigenvalue weighted by Gasteiger charge is -2.30. The fraction of sp³-hybridized carbons (Fsp3) is 0.368. The van der Waals surface area contributed by atoms with Crippen LogP contribution in [-0.2, 0) is 79.7 Å². The topological polar surface area (TPSA) is 246 Å². The molecule has 2 aliphatic rings. The van der Waals surface area contributed by atoms with E-state index in [1.807, 2.05) is 0 Å². The van der Waals surface area contributed by atoms with E-state index in [-0.39, 0.29) is 47.8 Å². The van der Waals surface area contributed by atoms with Gasteiger partial charge in [-0.1, -0.05) is 12.1 Å². The molecule has 0 radical (unpaired) electrons. The minimum Gasteiger partial charge on any atom is -0.395 e. The molecule has 0 bridgehead atoms. The van der Waals surface area contributed by atoms with Crippen molar-refractivity contribution in [2.75, 3.05) is 13.2 Å². The summed E-state index contributed by atoms with van der Waals surface area (Å²) in [7, 11) is -8.24. The Morgan fingerprint density at radius 1 is 0.641 bits per heavy atom. The van der Waals surface area contributed by atoms with Crippen molar-refractivity contribution in [2.24, 2.45) is 0 Å². The van der Waals surface area contributed by atoms with Gasteiger partial charge in [-0.3, -0.25) is 28.9 Å². The van der Waals surface area contributed by atoms with Crippen molar-refractivity contribution >= 4 is 31.9 Å². The second-order valence-corrected chi connectivity index (χ2v) is 18.9. The van der Waals surface area contributed by atoms with Gasteiger partial charge >= 0.3 is 0 Å². The van der Waals surface area contributed by atoms with Crippen LogP contribution in [0.3, 0.4) is 0 Å². The van der Waals surface area contributed by atoms with Gasteiger partial charge in [-0.25, -0.2) is 17.6 Å². The van der Waals surface area contributed by atoms with Crippen LogP contribution in [0.4, 0.5) is 17.6 Å². The van der Waals surface area contributed by atoms with E-state index in [9.17, 15) is 54.2 Å². The highest BCUT2D eigenvalue weighted by molar-refractivity contribution is 7.90. The van der Waals surface area contributed by atoms with E-state index in [4.69, 9.17) is 0 Å². The first-order chi connectivity index (χ1) is 30.3. The second kappa shape index (κ2) is 17.6. The maximum Gasteiger partial charge on any atom is 0.286 e. The molecular formula is C38H40F4N12O8S2. The summed E-state index contributed by atoms with van der Waals surface area (Å²) in [5, 5.41) is 35.3. The fourth-order valence-corrected chi connectivity index (χ4v) is 9.28. The van der Waals surface area contributed by atoms with Gasteiger partial charge in [0.2, 0.25) is 11.8 Å². The number of halogens is 4. The molecule has 26 heteroatoms. The minimum absolute atomic E-state index is 0.0593. The van der Waals surface area contributed by atoms with E-state index in [2.05, 4.69) is 30.4 Å². The Balaban J connectivity index is 0.000000191. The maximum atomic E-state index is 13.2. The SMILES string of the molecule is C[C@@](CO)(C(=O)N1Cc2cn(S(=O)(=O)c3cnn(CC(F)F)c3)nc2C1)c1ccccn1.C[C@](CO)(C(=O)N1Cc2cn(S(=O)(=O)c3cnn(CC(F)F)c3)nc2C1)c1ccccn1. The number of carbonyl (C=O) groups is 2. The Morgan fingerprint density at radius 2 is 1.03 bits per heavy atom. The number of aliphatic hydroxyl groups excluding tert-OH is 2. The number of fused-ring (bicyclic) bond motifs is 2. The van der Waals surface area contributed by atoms with Gasteiger partial charge in [-0.05, 0) is 38.1 Å². The van der Waals surface area contributed by atoms with Crippen LogP contribution < -0.4 is 0 Å². The number of hydrogen-bond donors (Lipinski definition) is 2. The molecule has 0 saturated carbocycles. The molecule has 6 aromatic rings. The molecule has 0 unspecified atom stereocenters. The number of rotatable bonds is 14. The van der Waals surface area contributed by atoms with Gasteiger partial charge in [-0.2, -0.15) is 45.4 Å². The standard InChI is InChI=1S/2C19H20F2N6O4S/c2*1-19(12-28,16-4-2-3-5-22-16)18(29)25-7-13-8-27(24-15(13)10-25)32(30,31)14-6-23-26(9-14)11-17(20)21/h2*2-6,8-9,17,28H,7,10-12H2,1H3/t2*19-/m10/s1. The number of nitrogens with zero attached hydrogens (tertiary/aromatic N) is 12. The first kappa shape index (κ1) is 45.6. The number of alkyl halides is 4. The van der Waals surface area contributed by atoms with E-state index < -0.39 is 70.0 Å². The monoisotopic (exact) mass is 932 g/mol. The molecule has 2 amide bonds. The van der Waals surface area contributed by atoms with Gasteiger partial charge in [0.1, 0.15) is 33.7 Å². The van der Waals surface area contributed by atoms with Gasteiger partial charge in [0.05, 0.1) is 61.5 Å². The van der Waals surface area contributed by atoms with E-state index in [0.29, 0.717) is 33.9 Å². The summed E-state index contributed by atoms with van der Waals surface area (Å²) in [6.45, 7) is 1.18. The average Bonchev–Trinajstić information content (AvgIpc) is 4.13. The molecule has 2 aliphatic heterocycles. The van der Waals surface area contributed by atoms with Crippen LogP contribution >= 0.6 is 0 Å². The third-order valence-corrected chi connectivity index (χ3v) is 13.7. The van der Waals surface area contributed by atoms with Gasteiger partial charge in [0, 0.05) is 61.4 Å². The lowest BCUT2D eigenvalue weighted by atomic mass is 9.85. The molecule has 20 nitrogen and oxygen atoms in total. The fourth-order valence-electron chi connectivity index (χ4n) is 7.04. The van der Waals surface area contributed by atoms with Crippen molar-refractivity contribution in [3.05, 3.63) is 120 Å². The largest absolute Gasteiger partial charge is 0.395 e. The van der Waals surface area contributed by atoms with Gasteiger partial charge in [0.25, 0.3) is 32.9 Å². The molecule has 2 N–H and O–H groups in total. The first-order valence-corrected chi connectivity index (χ1v) is 22.1. The Morgan fingerprint density at radius 3 is 1.34 bits per heavy atom. The molecule has 0 fully saturated rings. The van der Waals surface area contributed by atoms with Crippen molar-refractivity contribution < 1.29 is 54.2 Å². The number of aliphatic hydroxyl groups is 2. The molecule has 0 aromatic carbocycles. The highest BCUT2D eigenvalue weighted by Crippen LogP contribution is 2.32. The third-order valence-electron chi connectivity index (χ3n) is 10.7. The zero-order valence-corrected chi connectivity index (χ0v) is 35.6. The van der Waals surface area contributed by atoms with Crippen LogP contribution in [0, 0.1) is 0 Å². The summed E-state index contributed by atoms with van der Waals surface area (Å²) < 4.78 is 104. The van der Waals surface area contributed by atoms with Gasteiger partial charge in [-0.15, -0.1) is 0 Å². The predicted molar refractivity (Wildman–Crippen MR) is 212 cm³/mol. The Kier molecular flexibility index (Phi) is 12.6. The van der Waals surface area contributed by atoms with Crippen LogP contribution in [0.5, 0.6) is 0 Å². The van der Waals surface area contributed by atoms with E-state index in [1.54, 1.807) is 50.2 Å². The summed E-state index contributed by atoms with van der Waals surface area (Å²) in [5.74, 6) is -0.723. The Hall–Kier alpha value is -6.38. The Bertz CT molecular complexity index is 2630. The van der Waals surface area contributed by atoms with Gasteiger partial charge in [0.15, 0.2) is 0 Å². The highest BCUT2D eigenvalue weighted by atomic mass is 32.2. The van der Waals surface area contributed by atoms with Gasteiger partial charge < -0.3 is 20.0 Å². The zero-order valence-electron chi connectivity index (χ0n) is 33.9. The van der Waals surface area contributed by atoms with Crippen molar-refractivity contribution in [2.45, 2.75) is 86.6 Å². The average molecular weight is 933 g/mol. The number of pyridine rings is 2. The first-order valence-electron chi connectivity index (χ1n) is 19.2. The molecule has 8 heterocycles. The van der Waals surface area contributed by atoms with Crippen LogP contribution in [0.25, 0.3) is 0 Å². The van der Waals surface area contributed by atoms with Crippen LogP contribution in [0.2, 0.25) is 0 Å². The normalized spacial score (nSPS) is 15.7. The number of carbonyl (C=O) groups excluding carboxylic acids is 2. The highest BCUT2D eigenvalue weighted by Gasteiger charge is 2.43. The number of amides is 2. The molecule has 2 atom stereocenters. The summed E-state index contributed by atoms with van der Waals surface area (Å²) in [6, 6.07) is 10.2. The molecule has 0 aliphatic carbocycles. The van der Waals surface area contributed by atoms with Crippen molar-refractivity contribution in [1.29, 1.82) is 0 Å². The molecule has 8 rings (SSSR count). The lowest BCUT2D eigenvalue weighted by molar-refractivity contribution is -0.140. The number of aromatic nitrogens is 10. The minimum atomic E-state index is -4.12. The summed E-state index contributed by atoms with van der Waals surface area (Å²) in [4.78, 5) is 37.1. The molecule has 6 aromatic heterocycles. The quantitative estimate of drug-likeness (QED) is 0.147. The number of hydrogen-bond acceptors (Lipinski definition) is 14. The molecular weight excluding hydrogens is 893 g/mol. The zero-order chi connectivity index (χ0) is 46.2. The Labute approximate surface area is 362 Å². The van der Waals surface area contributed by atoms with E-state index >= 15 is 0 Å². The van der Waals surface area contributed by atoms with Crippen LogP contribution in [0.1, 0.15) is 47.8 Å². The molecule has 340 valence electrons. The van der Waals surface area contributed by atoms with Crippen molar-refractivity contribution in [3.8, 4) is 0 Å². The summed E-state index contributed by atoms with van der Waals surface area (Å²) >= 11 is 0. The lowest BCUT2D eigenvalue weighted by Crippen LogP contribution is -2.46. The molecule has 0 saturated heterocycles. The predicted octanol–water partition coefficient (Wildman–Crippen LogP) is 1.54. The third kappa shape index (κ3) is 8.76. The summed E-state index contributed by atoms with van der Waals surface area (Å²) in [6.07, 6.45) is 4.32. The van der Waals surface area contributed by atoms with E-state index in [0.717, 1.165) is 42.3 Å². The maximum absolute atomic E-state index is 13.2. The molecule has 64 heavy (non-hydrogen) atoms. The van der Waals surface area contributed by atoms with Crippen molar-refractivity contribution in [3.63, 3.8) is 0 Å². The smallest absolute Gasteiger partial charge is 0.286 e. The van der Waals surface area contributed by atoms with Crippen LogP contribution in [0.15, 0.2) is 95.8 Å². The molecule has 0 spiro atoms. The van der Waals surface area contributed by atoms with Crippen molar-refractivity contribution in [1.82, 2.24) is 57.7 Å². The second-order valence-electron chi connectivity index (χ2n) is 15.3. The van der Waals surface area contributed by atoms with E-state index in [1.165, 1.54) is 34.6 Å².